The number of benzene rings is 1. The third-order valence-electron chi connectivity index (χ3n) is 3.98. The monoisotopic (exact) mass is 313 g/mol. The summed E-state index contributed by atoms with van der Waals surface area (Å²) in [6, 6.07) is 6.88. The van der Waals surface area contributed by atoms with E-state index in [1.54, 1.807) is 7.11 Å². The molecule has 1 fully saturated rings. The summed E-state index contributed by atoms with van der Waals surface area (Å²) in [5.74, 6) is 1.65. The topological polar surface area (TPSA) is 30.5 Å². The molecule has 0 heterocycles. The number of hydrogen-bond acceptors (Lipinski definition) is 3. The van der Waals surface area contributed by atoms with Crippen molar-refractivity contribution in [1.82, 2.24) is 5.32 Å². The standard InChI is InChI=1S/C17H27NO2.ClH/c1-3-20-16-11-10-14(12-17(16)19-2)13-18-15-8-6-4-5-7-9-15;/h10-12,15,18H,3-9,13H2,1-2H3;1H. The zero-order chi connectivity index (χ0) is 14.2. The van der Waals surface area contributed by atoms with Gasteiger partial charge in [-0.25, -0.2) is 0 Å². The summed E-state index contributed by atoms with van der Waals surface area (Å²) in [7, 11) is 1.69. The van der Waals surface area contributed by atoms with Crippen molar-refractivity contribution in [3.63, 3.8) is 0 Å². The predicted molar refractivity (Wildman–Crippen MR) is 89.7 cm³/mol. The Morgan fingerprint density at radius 1 is 1.10 bits per heavy atom. The van der Waals surface area contributed by atoms with Crippen LogP contribution in [0.25, 0.3) is 0 Å². The van der Waals surface area contributed by atoms with Gasteiger partial charge >= 0.3 is 0 Å². The minimum Gasteiger partial charge on any atom is -0.493 e. The van der Waals surface area contributed by atoms with Gasteiger partial charge in [0, 0.05) is 12.6 Å². The van der Waals surface area contributed by atoms with E-state index in [4.69, 9.17) is 9.47 Å². The molecule has 0 aromatic heterocycles. The largest absolute Gasteiger partial charge is 0.493 e. The zero-order valence-electron chi connectivity index (χ0n) is 13.2. The molecule has 0 spiro atoms. The highest BCUT2D eigenvalue weighted by atomic mass is 35.5. The average molecular weight is 314 g/mol. The number of ether oxygens (including phenoxy) is 2. The van der Waals surface area contributed by atoms with E-state index in [0.717, 1.165) is 18.0 Å². The molecule has 1 saturated carbocycles. The van der Waals surface area contributed by atoms with Crippen LogP contribution in [0.15, 0.2) is 18.2 Å². The molecule has 3 nitrogen and oxygen atoms in total. The lowest BCUT2D eigenvalue weighted by Crippen LogP contribution is -2.27. The number of halogens is 1. The Hall–Kier alpha value is -0.930. The molecule has 120 valence electrons. The lowest BCUT2D eigenvalue weighted by Gasteiger charge is -2.17. The first-order valence-electron chi connectivity index (χ1n) is 7.86. The van der Waals surface area contributed by atoms with Crippen molar-refractivity contribution >= 4 is 12.4 Å². The number of methoxy groups -OCH3 is 1. The van der Waals surface area contributed by atoms with Gasteiger partial charge in [0.15, 0.2) is 11.5 Å². The van der Waals surface area contributed by atoms with E-state index in [-0.39, 0.29) is 12.4 Å². The fraction of sp³-hybridized carbons (Fsp3) is 0.647. The van der Waals surface area contributed by atoms with Crippen LogP contribution in [0.4, 0.5) is 0 Å². The van der Waals surface area contributed by atoms with E-state index in [9.17, 15) is 0 Å². The van der Waals surface area contributed by atoms with Crippen LogP contribution in [-0.4, -0.2) is 19.8 Å². The molecule has 1 aromatic carbocycles. The van der Waals surface area contributed by atoms with Crippen molar-refractivity contribution in [1.29, 1.82) is 0 Å². The van der Waals surface area contributed by atoms with Gasteiger partial charge in [-0.3, -0.25) is 0 Å². The van der Waals surface area contributed by atoms with Crippen molar-refractivity contribution < 1.29 is 9.47 Å². The number of rotatable bonds is 6. The first-order valence-corrected chi connectivity index (χ1v) is 7.86. The third-order valence-corrected chi connectivity index (χ3v) is 3.98. The van der Waals surface area contributed by atoms with Crippen LogP contribution in [0, 0.1) is 0 Å². The van der Waals surface area contributed by atoms with Crippen molar-refractivity contribution in [2.24, 2.45) is 0 Å². The maximum absolute atomic E-state index is 5.55. The summed E-state index contributed by atoms with van der Waals surface area (Å²) in [4.78, 5) is 0. The molecule has 0 atom stereocenters. The second-order valence-electron chi connectivity index (χ2n) is 5.49. The van der Waals surface area contributed by atoms with Crippen LogP contribution in [0.2, 0.25) is 0 Å². The maximum atomic E-state index is 5.55. The van der Waals surface area contributed by atoms with E-state index in [2.05, 4.69) is 17.4 Å². The van der Waals surface area contributed by atoms with Crippen molar-refractivity contribution in [2.75, 3.05) is 13.7 Å². The molecule has 0 amide bonds. The summed E-state index contributed by atoms with van der Waals surface area (Å²) in [6.45, 7) is 3.56. The lowest BCUT2D eigenvalue weighted by molar-refractivity contribution is 0.310. The van der Waals surface area contributed by atoms with E-state index >= 15 is 0 Å². The molecular formula is C17H28ClNO2. The Balaban J connectivity index is 0.00000220. The molecule has 1 N–H and O–H groups in total. The van der Waals surface area contributed by atoms with E-state index in [1.807, 2.05) is 13.0 Å². The van der Waals surface area contributed by atoms with E-state index in [1.165, 1.54) is 44.1 Å². The summed E-state index contributed by atoms with van der Waals surface area (Å²) in [6.07, 6.45) is 8.15. The average Bonchev–Trinajstić information content (AvgIpc) is 2.75. The van der Waals surface area contributed by atoms with Crippen molar-refractivity contribution in [2.45, 2.75) is 58.0 Å². The smallest absolute Gasteiger partial charge is 0.161 e. The van der Waals surface area contributed by atoms with Crippen LogP contribution >= 0.6 is 12.4 Å². The van der Waals surface area contributed by atoms with Gasteiger partial charge in [0.05, 0.1) is 13.7 Å². The lowest BCUT2D eigenvalue weighted by atomic mass is 10.1. The SMILES string of the molecule is CCOc1ccc(CNC2CCCCCC2)cc1OC.Cl. The Morgan fingerprint density at radius 3 is 2.43 bits per heavy atom. The molecule has 1 aromatic rings. The van der Waals surface area contributed by atoms with Gasteiger partial charge < -0.3 is 14.8 Å². The molecule has 0 aliphatic heterocycles. The number of nitrogens with one attached hydrogen (secondary N) is 1. The third kappa shape index (κ3) is 5.76. The molecule has 0 bridgehead atoms. The van der Waals surface area contributed by atoms with Gasteiger partial charge in [-0.05, 0) is 37.5 Å². The van der Waals surface area contributed by atoms with Gasteiger partial charge in [-0.2, -0.15) is 0 Å². The minimum absolute atomic E-state index is 0. The highest BCUT2D eigenvalue weighted by molar-refractivity contribution is 5.85. The highest BCUT2D eigenvalue weighted by Crippen LogP contribution is 2.28. The molecule has 4 heteroatoms. The van der Waals surface area contributed by atoms with E-state index < -0.39 is 0 Å². The maximum Gasteiger partial charge on any atom is 0.161 e. The number of hydrogen-bond donors (Lipinski definition) is 1. The minimum atomic E-state index is 0. The molecule has 1 aliphatic carbocycles. The second-order valence-corrected chi connectivity index (χ2v) is 5.49. The molecule has 0 saturated heterocycles. The molecule has 1 aliphatic rings. The Kier molecular flexibility index (Phi) is 8.55. The van der Waals surface area contributed by atoms with Crippen molar-refractivity contribution in [3.8, 4) is 11.5 Å². The Bertz CT molecular complexity index is 404. The summed E-state index contributed by atoms with van der Waals surface area (Å²) < 4.78 is 10.9. The first-order chi connectivity index (χ1) is 9.83. The van der Waals surface area contributed by atoms with Gasteiger partial charge in [0.1, 0.15) is 0 Å². The van der Waals surface area contributed by atoms with Crippen LogP contribution in [0.3, 0.4) is 0 Å². The Morgan fingerprint density at radius 2 is 1.81 bits per heavy atom. The van der Waals surface area contributed by atoms with Crippen LogP contribution < -0.4 is 14.8 Å². The van der Waals surface area contributed by atoms with Crippen LogP contribution in [-0.2, 0) is 6.54 Å². The van der Waals surface area contributed by atoms with Gasteiger partial charge in [0.2, 0.25) is 0 Å². The molecule has 0 radical (unpaired) electrons. The van der Waals surface area contributed by atoms with Gasteiger partial charge in [0.25, 0.3) is 0 Å². The molecular weight excluding hydrogens is 286 g/mol. The fourth-order valence-electron chi connectivity index (χ4n) is 2.84. The molecule has 0 unspecified atom stereocenters. The molecule has 21 heavy (non-hydrogen) atoms. The zero-order valence-corrected chi connectivity index (χ0v) is 14.0. The van der Waals surface area contributed by atoms with Gasteiger partial charge in [-0.15, -0.1) is 12.4 Å². The summed E-state index contributed by atoms with van der Waals surface area (Å²) in [5.41, 5.74) is 1.26. The van der Waals surface area contributed by atoms with Crippen LogP contribution in [0.1, 0.15) is 51.0 Å². The normalized spacial score (nSPS) is 15.9. The summed E-state index contributed by atoms with van der Waals surface area (Å²) in [5, 5.41) is 3.68. The van der Waals surface area contributed by atoms with Crippen LogP contribution in [0.5, 0.6) is 11.5 Å². The Labute approximate surface area is 134 Å². The van der Waals surface area contributed by atoms with Crippen molar-refractivity contribution in [3.05, 3.63) is 23.8 Å². The predicted octanol–water partition coefficient (Wildman–Crippen LogP) is 4.33. The quantitative estimate of drug-likeness (QED) is 0.793. The van der Waals surface area contributed by atoms with Gasteiger partial charge in [-0.1, -0.05) is 31.7 Å². The van der Waals surface area contributed by atoms with E-state index in [0.29, 0.717) is 12.6 Å². The second kappa shape index (κ2) is 9.91. The highest BCUT2D eigenvalue weighted by Gasteiger charge is 2.12. The molecule has 2 rings (SSSR count). The fourth-order valence-corrected chi connectivity index (χ4v) is 2.84. The first kappa shape index (κ1) is 18.1. The summed E-state index contributed by atoms with van der Waals surface area (Å²) >= 11 is 0.